The van der Waals surface area contributed by atoms with Crippen molar-refractivity contribution >= 4 is 43.6 Å². The monoisotopic (exact) mass is 808 g/mol. The average molecular weight is 808 g/mol. The largest absolute Gasteiger partial charge is 0.481 e. The summed E-state index contributed by atoms with van der Waals surface area (Å²) in [6.07, 6.45) is 27.7. The zero-order valence-corrected chi connectivity index (χ0v) is 35.0. The Morgan fingerprint density at radius 1 is 0.439 bits per heavy atom. The molecule has 3 unspecified atom stereocenters. The van der Waals surface area contributed by atoms with Crippen LogP contribution in [0.1, 0.15) is 199 Å². The second-order valence-electron chi connectivity index (χ2n) is 15.6. The van der Waals surface area contributed by atoms with Gasteiger partial charge >= 0.3 is 17.9 Å². The first-order valence-corrected chi connectivity index (χ1v) is 22.2. The summed E-state index contributed by atoms with van der Waals surface area (Å²) in [5, 5.41) is 37.6. The summed E-state index contributed by atoms with van der Waals surface area (Å²) in [6.45, 7) is 0.969. The van der Waals surface area contributed by atoms with Crippen molar-refractivity contribution in [2.45, 2.75) is 217 Å². The second kappa shape index (κ2) is 38.3. The number of nitrogens with two attached hydrogens (primary N) is 1. The highest BCUT2D eigenvalue weighted by molar-refractivity contribution is 6.06. The summed E-state index contributed by atoms with van der Waals surface area (Å²) in [5.74, 6) is -3.53. The molecular formula is C42H78BN5O9. The average Bonchev–Trinajstić information content (AvgIpc) is 3.17. The van der Waals surface area contributed by atoms with Gasteiger partial charge in [0.2, 0.25) is 17.7 Å². The third kappa shape index (κ3) is 35.7. The minimum Gasteiger partial charge on any atom is -0.481 e. The van der Waals surface area contributed by atoms with Crippen LogP contribution >= 0.6 is 0 Å². The molecule has 0 aliphatic rings. The molecule has 0 aromatic heterocycles. The second-order valence-corrected chi connectivity index (χ2v) is 15.6. The highest BCUT2D eigenvalue weighted by Crippen LogP contribution is 2.15. The van der Waals surface area contributed by atoms with Crippen LogP contribution in [0.3, 0.4) is 0 Å². The van der Waals surface area contributed by atoms with Gasteiger partial charge < -0.3 is 42.2 Å². The first kappa shape index (κ1) is 53.8. The van der Waals surface area contributed by atoms with Crippen LogP contribution in [0.5, 0.6) is 0 Å². The van der Waals surface area contributed by atoms with Crippen LogP contribution in [0.2, 0.25) is 0 Å². The molecule has 0 saturated heterocycles. The van der Waals surface area contributed by atoms with Crippen molar-refractivity contribution in [2.75, 3.05) is 13.1 Å². The van der Waals surface area contributed by atoms with Crippen molar-refractivity contribution in [1.29, 1.82) is 0 Å². The van der Waals surface area contributed by atoms with E-state index in [-0.39, 0.29) is 43.4 Å². The van der Waals surface area contributed by atoms with Crippen molar-refractivity contribution in [2.24, 2.45) is 5.73 Å². The van der Waals surface area contributed by atoms with E-state index < -0.39 is 36.0 Å². The van der Waals surface area contributed by atoms with Crippen molar-refractivity contribution < 1.29 is 44.1 Å². The first-order chi connectivity index (χ1) is 27.5. The number of carbonyl (C=O) groups is 6. The topological polar surface area (TPSA) is 237 Å². The van der Waals surface area contributed by atoms with Gasteiger partial charge in [-0.2, -0.15) is 0 Å². The van der Waals surface area contributed by atoms with E-state index in [2.05, 4.69) is 21.2 Å². The van der Waals surface area contributed by atoms with Gasteiger partial charge in [-0.15, -0.1) is 0 Å². The van der Waals surface area contributed by atoms with Crippen molar-refractivity contribution in [3.8, 4) is 0 Å². The van der Waals surface area contributed by atoms with Gasteiger partial charge in [0, 0.05) is 32.4 Å². The van der Waals surface area contributed by atoms with E-state index in [4.69, 9.17) is 23.9 Å². The molecule has 0 aliphatic heterocycles. The summed E-state index contributed by atoms with van der Waals surface area (Å²) in [5.41, 5.74) is 6.00. The first-order valence-electron chi connectivity index (χ1n) is 22.2. The van der Waals surface area contributed by atoms with E-state index in [1.165, 1.54) is 57.8 Å². The van der Waals surface area contributed by atoms with E-state index >= 15 is 0 Å². The maximum atomic E-state index is 12.4. The molecule has 0 aromatic rings. The lowest BCUT2D eigenvalue weighted by Gasteiger charge is -2.14. The summed E-state index contributed by atoms with van der Waals surface area (Å²) in [4.78, 5) is 69.9. The highest BCUT2D eigenvalue weighted by atomic mass is 16.4. The standard InChI is InChI=1S/C42H78BN5O9/c43-48-36(42(56)57)27-23-25-33-46-40(53)34(44)26-20-16-12-11-15-19-24-32-45-37(49)31-30-35(41(54)55)47-38(50)28-21-17-13-9-7-5-3-1-2-4-6-8-10-14-18-22-29-39(51)52/h34-36,48H,1-33,44H2,(H,45,49)(H,46,53)(H,47,50)(H,51,52)(H,54,55)(H,56,57). The minimum atomic E-state index is -1.13. The molecule has 0 heterocycles. The Morgan fingerprint density at radius 2 is 0.842 bits per heavy atom. The molecular weight excluding hydrogens is 729 g/mol. The smallest absolute Gasteiger partial charge is 0.326 e. The summed E-state index contributed by atoms with van der Waals surface area (Å²) in [7, 11) is 5.20. The molecule has 0 fully saturated rings. The van der Waals surface area contributed by atoms with Gasteiger partial charge in [0.15, 0.2) is 7.98 Å². The Balaban J connectivity index is 3.70. The van der Waals surface area contributed by atoms with Crippen molar-refractivity contribution in [3.05, 3.63) is 0 Å². The van der Waals surface area contributed by atoms with Gasteiger partial charge in [0.25, 0.3) is 0 Å². The van der Waals surface area contributed by atoms with Crippen LogP contribution in [-0.4, -0.2) is 90.1 Å². The molecule has 0 spiro atoms. The van der Waals surface area contributed by atoms with E-state index in [1.54, 1.807) is 0 Å². The molecule has 15 heteroatoms. The van der Waals surface area contributed by atoms with Gasteiger partial charge in [-0.25, -0.2) is 4.79 Å². The zero-order valence-electron chi connectivity index (χ0n) is 35.0. The summed E-state index contributed by atoms with van der Waals surface area (Å²) < 4.78 is 0. The zero-order chi connectivity index (χ0) is 42.4. The fourth-order valence-electron chi connectivity index (χ4n) is 6.75. The molecule has 0 bridgehead atoms. The predicted octanol–water partition coefficient (Wildman–Crippen LogP) is 6.42. The summed E-state index contributed by atoms with van der Waals surface area (Å²) >= 11 is 0. The molecule has 0 aromatic carbocycles. The lowest BCUT2D eigenvalue weighted by Crippen LogP contribution is -2.41. The van der Waals surface area contributed by atoms with Crippen LogP contribution in [0.4, 0.5) is 0 Å². The van der Waals surface area contributed by atoms with Gasteiger partial charge in [0.05, 0.1) is 12.1 Å². The summed E-state index contributed by atoms with van der Waals surface area (Å²) in [6, 6.07) is -2.43. The lowest BCUT2D eigenvalue weighted by molar-refractivity contribution is -0.142. The fraction of sp³-hybridized carbons (Fsp3) is 0.857. The van der Waals surface area contributed by atoms with Crippen LogP contribution in [-0.2, 0) is 28.8 Å². The number of hydrogen-bond acceptors (Lipinski definition) is 8. The molecule has 328 valence electrons. The fourth-order valence-corrected chi connectivity index (χ4v) is 6.75. The SMILES string of the molecule is [B]NC(CCCCNC(=O)C(N)CCCCCCCCCNC(=O)CCC(NC(=O)CCCCCCCCCCCCCCCCCCC(=O)O)C(=O)O)C(=O)O. The number of carbonyl (C=O) groups excluding carboxylic acids is 3. The van der Waals surface area contributed by atoms with Crippen molar-refractivity contribution in [1.82, 2.24) is 21.2 Å². The van der Waals surface area contributed by atoms with Gasteiger partial charge in [-0.05, 0) is 51.4 Å². The Kier molecular flexibility index (Phi) is 36.2. The van der Waals surface area contributed by atoms with Gasteiger partial charge in [0.1, 0.15) is 6.04 Å². The molecule has 0 aliphatic carbocycles. The Labute approximate surface area is 344 Å². The molecule has 0 saturated carbocycles. The Morgan fingerprint density at radius 3 is 1.32 bits per heavy atom. The number of aliphatic carboxylic acids is 3. The maximum Gasteiger partial charge on any atom is 0.326 e. The molecule has 14 nitrogen and oxygen atoms in total. The molecule has 9 N–H and O–H groups in total. The molecule has 0 rings (SSSR count). The van der Waals surface area contributed by atoms with E-state index in [9.17, 15) is 33.9 Å². The normalized spacial score (nSPS) is 12.7. The van der Waals surface area contributed by atoms with Crippen LogP contribution in [0.15, 0.2) is 0 Å². The quantitative estimate of drug-likeness (QED) is 0.0247. The predicted molar refractivity (Wildman–Crippen MR) is 225 cm³/mol. The lowest BCUT2D eigenvalue weighted by atomic mass is 10.0. The molecule has 3 amide bonds. The van der Waals surface area contributed by atoms with Gasteiger partial charge in [-0.3, -0.25) is 24.0 Å². The number of unbranched alkanes of at least 4 members (excludes halogenated alkanes) is 22. The van der Waals surface area contributed by atoms with E-state index in [0.29, 0.717) is 38.8 Å². The van der Waals surface area contributed by atoms with Crippen molar-refractivity contribution in [3.63, 3.8) is 0 Å². The Hall–Kier alpha value is -3.20. The molecule has 3 atom stereocenters. The number of nitrogens with one attached hydrogen (secondary N) is 4. The highest BCUT2D eigenvalue weighted by Gasteiger charge is 2.21. The van der Waals surface area contributed by atoms with E-state index in [1.807, 2.05) is 0 Å². The maximum absolute atomic E-state index is 12.4. The third-order valence-corrected chi connectivity index (χ3v) is 10.4. The van der Waals surface area contributed by atoms with E-state index in [0.717, 1.165) is 89.9 Å². The number of carboxylic acids is 3. The van der Waals surface area contributed by atoms with Crippen LogP contribution < -0.4 is 26.9 Å². The molecule has 57 heavy (non-hydrogen) atoms. The Bertz CT molecular complexity index is 1080. The number of carboxylic acid groups (broad SMARTS) is 3. The number of rotatable bonds is 42. The van der Waals surface area contributed by atoms with Crippen LogP contribution in [0, 0.1) is 0 Å². The number of hydrogen-bond donors (Lipinski definition) is 8. The van der Waals surface area contributed by atoms with Gasteiger partial charge in [-0.1, -0.05) is 128 Å². The third-order valence-electron chi connectivity index (χ3n) is 10.4. The number of amides is 3. The van der Waals surface area contributed by atoms with Crippen LogP contribution in [0.25, 0.3) is 0 Å². The minimum absolute atomic E-state index is 0.0364. The molecule has 2 radical (unpaired) electrons.